The maximum absolute atomic E-state index is 12.2. The summed E-state index contributed by atoms with van der Waals surface area (Å²) in [6, 6.07) is 13.5. The van der Waals surface area contributed by atoms with Crippen molar-refractivity contribution in [3.05, 3.63) is 48.0 Å². The second-order valence-corrected chi connectivity index (χ2v) is 4.61. The number of benzene rings is 2. The minimum Gasteiger partial charge on any atom is -0.466 e. The van der Waals surface area contributed by atoms with E-state index >= 15 is 0 Å². The number of ketones is 1. The van der Waals surface area contributed by atoms with Crippen molar-refractivity contribution in [2.75, 3.05) is 6.61 Å². The first kappa shape index (κ1) is 14.3. The number of Topliss-reactive ketones (excluding diaryl/α,β-unsaturated/α-hetero) is 1. The molecule has 3 heteroatoms. The third kappa shape index (κ3) is 3.44. The van der Waals surface area contributed by atoms with Crippen molar-refractivity contribution in [1.29, 1.82) is 0 Å². The first-order valence-electron chi connectivity index (χ1n) is 6.89. The van der Waals surface area contributed by atoms with Crippen LogP contribution in [-0.4, -0.2) is 18.4 Å². The van der Waals surface area contributed by atoms with Gasteiger partial charge < -0.3 is 4.74 Å². The van der Waals surface area contributed by atoms with Gasteiger partial charge in [0.1, 0.15) is 0 Å². The van der Waals surface area contributed by atoms with Gasteiger partial charge in [0.05, 0.1) is 6.61 Å². The molecule has 104 valence electrons. The van der Waals surface area contributed by atoms with Crippen molar-refractivity contribution < 1.29 is 14.3 Å². The van der Waals surface area contributed by atoms with Crippen molar-refractivity contribution in [2.45, 2.75) is 26.2 Å². The molecular formula is C17H18O3. The molecule has 0 heterocycles. The smallest absolute Gasteiger partial charge is 0.305 e. The van der Waals surface area contributed by atoms with Crippen LogP contribution >= 0.6 is 0 Å². The van der Waals surface area contributed by atoms with Crippen LogP contribution < -0.4 is 0 Å². The highest BCUT2D eigenvalue weighted by atomic mass is 16.5. The van der Waals surface area contributed by atoms with Gasteiger partial charge in [-0.25, -0.2) is 0 Å². The summed E-state index contributed by atoms with van der Waals surface area (Å²) < 4.78 is 4.85. The minimum absolute atomic E-state index is 0.0751. The van der Waals surface area contributed by atoms with Gasteiger partial charge in [-0.05, 0) is 24.1 Å². The van der Waals surface area contributed by atoms with E-state index in [1.807, 2.05) is 42.5 Å². The molecule has 3 nitrogen and oxygen atoms in total. The number of carbonyl (C=O) groups is 2. The lowest BCUT2D eigenvalue weighted by atomic mass is 9.99. The second-order valence-electron chi connectivity index (χ2n) is 4.61. The van der Waals surface area contributed by atoms with Crippen LogP contribution in [0, 0.1) is 0 Å². The summed E-state index contributed by atoms with van der Waals surface area (Å²) in [4.78, 5) is 23.5. The molecule has 0 amide bonds. The van der Waals surface area contributed by atoms with E-state index in [0.717, 1.165) is 16.3 Å². The molecule has 0 atom stereocenters. The Morgan fingerprint density at radius 1 is 1.00 bits per heavy atom. The molecule has 0 bridgehead atoms. The van der Waals surface area contributed by atoms with E-state index in [4.69, 9.17) is 4.74 Å². The Labute approximate surface area is 118 Å². The average molecular weight is 270 g/mol. The summed E-state index contributed by atoms with van der Waals surface area (Å²) in [6.07, 6.45) is 1.19. The highest BCUT2D eigenvalue weighted by molar-refractivity contribution is 6.08. The highest BCUT2D eigenvalue weighted by Crippen LogP contribution is 2.20. The first-order valence-corrected chi connectivity index (χ1v) is 6.89. The number of carbonyl (C=O) groups excluding carboxylic acids is 2. The van der Waals surface area contributed by atoms with Gasteiger partial charge >= 0.3 is 5.97 Å². The van der Waals surface area contributed by atoms with Gasteiger partial charge in [0.25, 0.3) is 0 Å². The Bertz CT molecular complexity index is 611. The lowest BCUT2D eigenvalue weighted by molar-refractivity contribution is -0.143. The zero-order chi connectivity index (χ0) is 14.4. The molecule has 0 aliphatic rings. The van der Waals surface area contributed by atoms with Crippen LogP contribution in [0.4, 0.5) is 0 Å². The molecule has 0 unspecified atom stereocenters. The van der Waals surface area contributed by atoms with Gasteiger partial charge in [0, 0.05) is 18.4 Å². The molecule has 2 aromatic rings. The van der Waals surface area contributed by atoms with E-state index in [9.17, 15) is 9.59 Å². The van der Waals surface area contributed by atoms with Crippen molar-refractivity contribution in [1.82, 2.24) is 0 Å². The Morgan fingerprint density at radius 2 is 1.75 bits per heavy atom. The third-order valence-corrected chi connectivity index (χ3v) is 3.18. The fraction of sp³-hybridized carbons (Fsp3) is 0.294. The Kier molecular flexibility index (Phi) is 4.88. The summed E-state index contributed by atoms with van der Waals surface area (Å²) >= 11 is 0. The van der Waals surface area contributed by atoms with Crippen LogP contribution in [0.5, 0.6) is 0 Å². The molecule has 2 rings (SSSR count). The molecule has 0 aliphatic heterocycles. The minimum atomic E-state index is -0.238. The maximum Gasteiger partial charge on any atom is 0.305 e. The molecule has 0 fully saturated rings. The van der Waals surface area contributed by atoms with Gasteiger partial charge in [0.15, 0.2) is 5.78 Å². The molecular weight excluding hydrogens is 252 g/mol. The Morgan fingerprint density at radius 3 is 2.55 bits per heavy atom. The zero-order valence-electron chi connectivity index (χ0n) is 11.6. The normalized spacial score (nSPS) is 10.4. The summed E-state index contributed by atoms with van der Waals surface area (Å²) in [5, 5.41) is 2.03. The van der Waals surface area contributed by atoms with E-state index < -0.39 is 0 Å². The Balaban J connectivity index is 2.03. The van der Waals surface area contributed by atoms with Gasteiger partial charge in [-0.15, -0.1) is 0 Å². The van der Waals surface area contributed by atoms with Crippen LogP contribution in [0.3, 0.4) is 0 Å². The van der Waals surface area contributed by atoms with Crippen molar-refractivity contribution in [3.8, 4) is 0 Å². The highest BCUT2D eigenvalue weighted by Gasteiger charge is 2.10. The number of ether oxygens (including phenoxy) is 1. The molecule has 20 heavy (non-hydrogen) atoms. The largest absolute Gasteiger partial charge is 0.466 e. The maximum atomic E-state index is 12.2. The van der Waals surface area contributed by atoms with E-state index in [0.29, 0.717) is 25.9 Å². The fourth-order valence-corrected chi connectivity index (χ4v) is 2.23. The summed E-state index contributed by atoms with van der Waals surface area (Å²) in [7, 11) is 0. The van der Waals surface area contributed by atoms with Gasteiger partial charge in [-0.2, -0.15) is 0 Å². The Hall–Kier alpha value is -2.16. The molecule has 0 radical (unpaired) electrons. The SMILES string of the molecule is CCOC(=O)CCCC(=O)c1cccc2ccccc12. The predicted octanol–water partition coefficient (Wildman–Crippen LogP) is 3.76. The van der Waals surface area contributed by atoms with E-state index in [-0.39, 0.29) is 11.8 Å². The molecule has 0 aliphatic carbocycles. The summed E-state index contributed by atoms with van der Waals surface area (Å²) in [5.74, 6) is -0.163. The van der Waals surface area contributed by atoms with Gasteiger partial charge in [-0.1, -0.05) is 42.5 Å². The van der Waals surface area contributed by atoms with Crippen molar-refractivity contribution >= 4 is 22.5 Å². The zero-order valence-corrected chi connectivity index (χ0v) is 11.6. The summed E-state index contributed by atoms with van der Waals surface area (Å²) in [6.45, 7) is 2.16. The number of rotatable bonds is 6. The van der Waals surface area contributed by atoms with Crippen LogP contribution in [0.25, 0.3) is 10.8 Å². The molecule has 0 saturated heterocycles. The number of fused-ring (bicyclic) bond motifs is 1. The second kappa shape index (κ2) is 6.85. The van der Waals surface area contributed by atoms with E-state index in [2.05, 4.69) is 0 Å². The topological polar surface area (TPSA) is 43.4 Å². The van der Waals surface area contributed by atoms with Crippen LogP contribution in [-0.2, 0) is 9.53 Å². The predicted molar refractivity (Wildman–Crippen MR) is 78.8 cm³/mol. The van der Waals surface area contributed by atoms with E-state index in [1.165, 1.54) is 0 Å². The average Bonchev–Trinajstić information content (AvgIpc) is 2.47. The number of esters is 1. The van der Waals surface area contributed by atoms with Gasteiger partial charge in [0.2, 0.25) is 0 Å². The van der Waals surface area contributed by atoms with E-state index in [1.54, 1.807) is 6.92 Å². The van der Waals surface area contributed by atoms with Crippen molar-refractivity contribution in [3.63, 3.8) is 0 Å². The van der Waals surface area contributed by atoms with Crippen LogP contribution in [0.15, 0.2) is 42.5 Å². The standard InChI is InChI=1S/C17H18O3/c1-2-20-17(19)12-6-11-16(18)15-10-5-8-13-7-3-4-9-14(13)15/h3-5,7-10H,2,6,11-12H2,1H3. The monoisotopic (exact) mass is 270 g/mol. The molecule has 0 spiro atoms. The van der Waals surface area contributed by atoms with Gasteiger partial charge in [-0.3, -0.25) is 9.59 Å². The fourth-order valence-electron chi connectivity index (χ4n) is 2.23. The lowest BCUT2D eigenvalue weighted by Gasteiger charge is -2.05. The molecule has 2 aromatic carbocycles. The number of hydrogen-bond donors (Lipinski definition) is 0. The quantitative estimate of drug-likeness (QED) is 0.593. The van der Waals surface area contributed by atoms with Crippen molar-refractivity contribution in [2.24, 2.45) is 0 Å². The molecule has 0 saturated carbocycles. The van der Waals surface area contributed by atoms with Crippen LogP contribution in [0.2, 0.25) is 0 Å². The first-order chi connectivity index (χ1) is 9.72. The molecule has 0 aromatic heterocycles. The lowest BCUT2D eigenvalue weighted by Crippen LogP contribution is -2.06. The van der Waals surface area contributed by atoms with Crippen LogP contribution in [0.1, 0.15) is 36.5 Å². The third-order valence-electron chi connectivity index (χ3n) is 3.18. The summed E-state index contributed by atoms with van der Waals surface area (Å²) in [5.41, 5.74) is 0.729. The molecule has 0 N–H and O–H groups in total. The number of hydrogen-bond acceptors (Lipinski definition) is 3.